The fourth-order valence-electron chi connectivity index (χ4n) is 8.61. The van der Waals surface area contributed by atoms with Gasteiger partial charge in [0.2, 0.25) is 5.69 Å². The maximum atomic E-state index is 12.5. The van der Waals surface area contributed by atoms with Crippen molar-refractivity contribution in [1.82, 2.24) is 5.06 Å². The molecule has 1 fully saturated rings. The zero-order chi connectivity index (χ0) is 47.6. The second-order valence-corrected chi connectivity index (χ2v) is 20.1. The number of imide groups is 1. The first-order valence-electron chi connectivity index (χ1n) is 21.7. The summed E-state index contributed by atoms with van der Waals surface area (Å²) in [6.45, 7) is 11.8. The lowest BCUT2D eigenvalue weighted by atomic mass is 9.81. The SMILES string of the molecule is CCCCN1/C(=C/C=C(/C=C/C2=[N+](CCCSOOO)c3ccc(SOOO)cc3C2(C)C)c2cccc(CCCCC(=O)ON3C(=O)CCC3=O)c2)C(C)(C)c2cc(S(=O)(=O)O)ccc21. The van der Waals surface area contributed by atoms with E-state index >= 15 is 0 Å². The van der Waals surface area contributed by atoms with Crippen molar-refractivity contribution in [3.05, 3.63) is 113 Å². The number of benzene rings is 3. The van der Waals surface area contributed by atoms with Gasteiger partial charge in [0.1, 0.15) is 6.54 Å². The zero-order valence-corrected chi connectivity index (χ0v) is 40.0. The third-order valence-electron chi connectivity index (χ3n) is 12.0. The number of fused-ring (bicyclic) bond motifs is 2. The molecule has 6 rings (SSSR count). The molecule has 3 aliphatic rings. The quantitative estimate of drug-likeness (QED) is 0.0118. The number of allylic oxidation sites excluding steroid dienone is 6. The number of amides is 2. The summed E-state index contributed by atoms with van der Waals surface area (Å²) in [5, 5.41) is 25.7. The Hall–Kier alpha value is -4.67. The predicted molar refractivity (Wildman–Crippen MR) is 250 cm³/mol. The van der Waals surface area contributed by atoms with Crippen LogP contribution in [0.5, 0.6) is 0 Å². The van der Waals surface area contributed by atoms with E-state index < -0.39 is 38.7 Å². The van der Waals surface area contributed by atoms with Gasteiger partial charge >= 0.3 is 5.97 Å². The third-order valence-corrected chi connectivity index (χ3v) is 14.0. The molecule has 0 aromatic heterocycles. The first-order valence-corrected chi connectivity index (χ1v) is 24.8. The van der Waals surface area contributed by atoms with Gasteiger partial charge in [-0.15, -0.1) is 13.7 Å². The molecule has 0 atom stereocenters. The molecule has 3 aromatic rings. The van der Waals surface area contributed by atoms with E-state index in [2.05, 4.69) is 75.0 Å². The molecule has 0 radical (unpaired) electrons. The van der Waals surface area contributed by atoms with Crippen molar-refractivity contribution >= 4 is 74.6 Å². The molecule has 3 N–H and O–H groups in total. The highest BCUT2D eigenvalue weighted by molar-refractivity contribution is 7.94. The van der Waals surface area contributed by atoms with E-state index in [0.717, 1.165) is 92.4 Å². The Morgan fingerprint density at radius 1 is 0.894 bits per heavy atom. The average molecular weight is 967 g/mol. The van der Waals surface area contributed by atoms with Crippen molar-refractivity contribution in [2.45, 2.75) is 113 Å². The molecule has 0 saturated carbocycles. The minimum atomic E-state index is -4.44. The lowest BCUT2D eigenvalue weighted by molar-refractivity contribution is -0.438. The maximum Gasteiger partial charge on any atom is 0.333 e. The number of hydrogen-bond donors (Lipinski definition) is 3. The molecule has 19 heteroatoms. The smallest absolute Gasteiger partial charge is 0.333 e. The lowest BCUT2D eigenvalue weighted by Crippen LogP contribution is -2.31. The van der Waals surface area contributed by atoms with Crippen LogP contribution < -0.4 is 4.90 Å². The molecule has 0 unspecified atom stereocenters. The second-order valence-electron chi connectivity index (χ2n) is 17.1. The number of rotatable bonds is 23. The average Bonchev–Trinajstić information content (AvgIpc) is 3.80. The molecule has 2 amide bonds. The summed E-state index contributed by atoms with van der Waals surface area (Å²) < 4.78 is 46.2. The summed E-state index contributed by atoms with van der Waals surface area (Å²) in [5.74, 6) is -1.13. The van der Waals surface area contributed by atoms with Crippen molar-refractivity contribution in [2.75, 3.05) is 23.7 Å². The number of hydrogen-bond acceptors (Lipinski definition) is 15. The van der Waals surface area contributed by atoms with E-state index in [1.807, 2.05) is 50.2 Å². The van der Waals surface area contributed by atoms with Gasteiger partial charge in [-0.1, -0.05) is 67.6 Å². The van der Waals surface area contributed by atoms with Crippen LogP contribution in [0, 0.1) is 0 Å². The molecule has 0 spiro atoms. The highest BCUT2D eigenvalue weighted by Crippen LogP contribution is 2.49. The number of carbonyl (C=O) groups excluding carboxylic acids is 3. The zero-order valence-electron chi connectivity index (χ0n) is 37.6. The van der Waals surface area contributed by atoms with E-state index in [1.54, 1.807) is 12.1 Å². The van der Waals surface area contributed by atoms with Crippen LogP contribution in [0.25, 0.3) is 5.57 Å². The van der Waals surface area contributed by atoms with Crippen LogP contribution in [0.3, 0.4) is 0 Å². The third kappa shape index (κ3) is 11.9. The van der Waals surface area contributed by atoms with E-state index in [-0.39, 0.29) is 24.2 Å². The predicted octanol–water partition coefficient (Wildman–Crippen LogP) is 9.64. The summed E-state index contributed by atoms with van der Waals surface area (Å²) >= 11 is 1.87. The van der Waals surface area contributed by atoms with Gasteiger partial charge in [0.25, 0.3) is 21.9 Å². The van der Waals surface area contributed by atoms with Crippen LogP contribution in [-0.4, -0.2) is 75.5 Å². The Balaban J connectivity index is 1.38. The van der Waals surface area contributed by atoms with E-state index in [0.29, 0.717) is 49.6 Å². The topological polar surface area (TPSA) is 202 Å². The van der Waals surface area contributed by atoms with Crippen molar-refractivity contribution in [3.63, 3.8) is 0 Å². The van der Waals surface area contributed by atoms with E-state index in [4.69, 9.17) is 19.7 Å². The molecule has 3 aromatic carbocycles. The summed E-state index contributed by atoms with van der Waals surface area (Å²) in [4.78, 5) is 44.2. The number of carbonyl (C=O) groups is 3. The molecule has 0 bridgehead atoms. The molecular weight excluding hydrogens is 911 g/mol. The minimum Gasteiger partial charge on any atom is -0.344 e. The van der Waals surface area contributed by atoms with Gasteiger partial charge in [0.15, 0.2) is 5.71 Å². The summed E-state index contributed by atoms with van der Waals surface area (Å²) in [6.07, 6.45) is 12.7. The number of hydroxylamine groups is 2. The monoisotopic (exact) mass is 966 g/mol. The van der Waals surface area contributed by atoms with Crippen molar-refractivity contribution in [1.29, 1.82) is 0 Å². The maximum absolute atomic E-state index is 12.5. The first-order chi connectivity index (χ1) is 31.5. The molecular formula is C47H56N3O13S3+. The number of unbranched alkanes of at least 4 members (excludes halogenated alkanes) is 2. The molecule has 1 saturated heterocycles. The normalized spacial score (nSPS) is 17.5. The molecule has 354 valence electrons. The Labute approximate surface area is 393 Å². The van der Waals surface area contributed by atoms with Crippen LogP contribution in [-0.2, 0) is 65.3 Å². The fraction of sp³-hybridized carbons (Fsp3) is 0.404. The molecule has 3 heterocycles. The highest BCUT2D eigenvalue weighted by atomic mass is 32.2. The highest BCUT2D eigenvalue weighted by Gasteiger charge is 2.45. The van der Waals surface area contributed by atoms with Gasteiger partial charge in [-0.25, -0.2) is 15.3 Å². The van der Waals surface area contributed by atoms with Crippen LogP contribution >= 0.6 is 24.1 Å². The van der Waals surface area contributed by atoms with E-state index in [9.17, 15) is 27.4 Å². The van der Waals surface area contributed by atoms with Gasteiger partial charge in [0, 0.05) is 89.4 Å². The van der Waals surface area contributed by atoms with Gasteiger partial charge in [-0.2, -0.15) is 13.0 Å². The fourth-order valence-corrected chi connectivity index (χ4v) is 9.87. The van der Waals surface area contributed by atoms with Crippen LogP contribution in [0.15, 0.2) is 100 Å². The standard InChI is InChI=1S/C47H55N3O13S3/c1-6-7-26-48-40-21-19-36(66(56,57)58)31-38(40)47(4,5)42(48)23-17-33(34-14-10-13-32(29-34)12-8-9-15-45(53)59-50-43(51)24-25-44(50)52)16-22-41-46(2,3)37-30-35(65-63-61-55)18-20-39(37)49(41)27-11-28-64-62-60-54/h10,13-14,16-23,29-31H,6-9,11-12,15,24-28H2,1-5H3,(H2-,54,55,56,57,58)/p+1. The first kappa shape index (κ1) is 50.7. The summed E-state index contributed by atoms with van der Waals surface area (Å²) in [6, 6.07) is 18.8. The van der Waals surface area contributed by atoms with E-state index in [1.165, 1.54) is 6.07 Å². The molecule has 66 heavy (non-hydrogen) atoms. The number of aryl methyl sites for hydroxylation is 1. The van der Waals surface area contributed by atoms with Gasteiger partial charge in [0.05, 0.1) is 22.4 Å². The van der Waals surface area contributed by atoms with Crippen LogP contribution in [0.2, 0.25) is 0 Å². The minimum absolute atomic E-state index is 0.0320. The Morgan fingerprint density at radius 3 is 2.36 bits per heavy atom. The number of anilines is 1. The van der Waals surface area contributed by atoms with Gasteiger partial charge < -0.3 is 9.74 Å². The van der Waals surface area contributed by atoms with Gasteiger partial charge in [-0.3, -0.25) is 14.1 Å². The Kier molecular flexibility index (Phi) is 17.2. The molecule has 16 nitrogen and oxygen atoms in total. The summed E-state index contributed by atoms with van der Waals surface area (Å²) in [5.41, 5.74) is 7.30. The van der Waals surface area contributed by atoms with Crippen molar-refractivity contribution in [3.8, 4) is 0 Å². The Bertz CT molecular complexity index is 2520. The molecule has 3 aliphatic heterocycles. The van der Waals surface area contributed by atoms with Crippen molar-refractivity contribution < 1.29 is 66.0 Å². The lowest BCUT2D eigenvalue weighted by Gasteiger charge is -2.27. The van der Waals surface area contributed by atoms with Gasteiger partial charge in [-0.05, 0) is 104 Å². The second kappa shape index (κ2) is 22.4. The number of nitrogens with zero attached hydrogens (tertiary/aromatic N) is 3. The molecule has 0 aliphatic carbocycles. The largest absolute Gasteiger partial charge is 0.344 e. The summed E-state index contributed by atoms with van der Waals surface area (Å²) in [7, 11) is -4.44. The van der Waals surface area contributed by atoms with Crippen LogP contribution in [0.4, 0.5) is 11.4 Å². The van der Waals surface area contributed by atoms with Crippen LogP contribution in [0.1, 0.15) is 108 Å². The van der Waals surface area contributed by atoms with Crippen molar-refractivity contribution in [2.24, 2.45) is 0 Å². The Morgan fingerprint density at radius 2 is 1.65 bits per heavy atom.